The van der Waals surface area contributed by atoms with E-state index in [-0.39, 0.29) is 12.2 Å². The maximum atomic E-state index is 12.6. The number of hydroxylamine groups is 1. The third kappa shape index (κ3) is 4.39. The summed E-state index contributed by atoms with van der Waals surface area (Å²) in [6.45, 7) is 0.939. The Morgan fingerprint density at radius 3 is 2.27 bits per heavy atom. The molecule has 0 heterocycles. The molecule has 8 heteroatoms. The summed E-state index contributed by atoms with van der Waals surface area (Å²) in [6, 6.07) is 6.14. The van der Waals surface area contributed by atoms with Crippen molar-refractivity contribution in [3.63, 3.8) is 0 Å². The van der Waals surface area contributed by atoms with Crippen molar-refractivity contribution in [3.05, 3.63) is 35.4 Å². The number of carbonyl (C=O) groups is 3. The fourth-order valence-corrected chi connectivity index (χ4v) is 2.04. The minimum Gasteiger partial charge on any atom is -0.384 e. The third-order valence-corrected chi connectivity index (χ3v) is 3.76. The molecule has 0 aliphatic heterocycles. The molecule has 1 aromatic rings. The zero-order valence-electron chi connectivity index (χ0n) is 14.6. The summed E-state index contributed by atoms with van der Waals surface area (Å²) in [4.78, 5) is 37.7. The van der Waals surface area contributed by atoms with E-state index >= 15 is 0 Å². The maximum absolute atomic E-state index is 12.6. The summed E-state index contributed by atoms with van der Waals surface area (Å²) in [5.41, 5.74) is 0.281. The van der Waals surface area contributed by atoms with Crippen molar-refractivity contribution >= 4 is 17.7 Å². The first-order valence-corrected chi connectivity index (χ1v) is 7.47. The zero-order chi connectivity index (χ0) is 19.7. The van der Waals surface area contributed by atoms with Gasteiger partial charge in [0.1, 0.15) is 6.61 Å². The molecule has 0 spiro atoms. The van der Waals surface area contributed by atoms with Gasteiger partial charge in [-0.25, -0.2) is 5.48 Å². The van der Waals surface area contributed by atoms with Gasteiger partial charge in [0.15, 0.2) is 5.54 Å². The third-order valence-electron chi connectivity index (χ3n) is 3.76. The van der Waals surface area contributed by atoms with Gasteiger partial charge in [0.05, 0.1) is 0 Å². The van der Waals surface area contributed by atoms with Gasteiger partial charge in [0, 0.05) is 25.2 Å². The van der Waals surface area contributed by atoms with Crippen LogP contribution in [0.15, 0.2) is 24.3 Å². The number of aliphatic hydroxyl groups excluding tert-OH is 1. The molecule has 0 saturated heterocycles. The summed E-state index contributed by atoms with van der Waals surface area (Å²) in [5.74, 6) is 7.72. The second-order valence-corrected chi connectivity index (χ2v) is 5.24. The van der Waals surface area contributed by atoms with Crippen LogP contribution in [-0.2, 0) is 9.59 Å². The number of benzene rings is 1. The van der Waals surface area contributed by atoms with Gasteiger partial charge in [-0.3, -0.25) is 19.6 Å². The van der Waals surface area contributed by atoms with Crippen molar-refractivity contribution in [3.8, 4) is 23.7 Å². The molecular formula is C18H19N3O5. The second-order valence-electron chi connectivity index (χ2n) is 5.24. The molecule has 0 fully saturated rings. The van der Waals surface area contributed by atoms with Crippen LogP contribution in [0, 0.1) is 23.7 Å². The molecule has 1 aromatic carbocycles. The summed E-state index contributed by atoms with van der Waals surface area (Å²) < 4.78 is 0. The minimum atomic E-state index is -1.95. The Balaban J connectivity index is 3.11. The van der Waals surface area contributed by atoms with Crippen LogP contribution in [0.3, 0.4) is 0 Å². The number of hydrogen-bond donors (Lipinski definition) is 4. The lowest BCUT2D eigenvalue weighted by Crippen LogP contribution is -2.64. The molecular weight excluding hydrogens is 338 g/mol. The smallest absolute Gasteiger partial charge is 0.278 e. The van der Waals surface area contributed by atoms with Gasteiger partial charge in [-0.2, -0.15) is 0 Å². The van der Waals surface area contributed by atoms with Gasteiger partial charge >= 0.3 is 0 Å². The van der Waals surface area contributed by atoms with Crippen molar-refractivity contribution in [1.29, 1.82) is 0 Å². The molecule has 0 aliphatic rings. The van der Waals surface area contributed by atoms with Crippen molar-refractivity contribution in [2.75, 3.05) is 20.7 Å². The lowest BCUT2D eigenvalue weighted by atomic mass is 9.96. The number of likely N-dealkylation sites (N-methyl/N-ethyl adjacent to an activating group) is 2. The summed E-state index contributed by atoms with van der Waals surface area (Å²) in [7, 11) is 2.60. The van der Waals surface area contributed by atoms with Crippen LogP contribution >= 0.6 is 0 Å². The van der Waals surface area contributed by atoms with E-state index in [9.17, 15) is 14.4 Å². The topological polar surface area (TPSA) is 119 Å². The van der Waals surface area contributed by atoms with E-state index in [1.54, 1.807) is 12.1 Å². The summed E-state index contributed by atoms with van der Waals surface area (Å²) in [6.07, 6.45) is 0. The van der Waals surface area contributed by atoms with E-state index in [4.69, 9.17) is 10.3 Å². The number of nitrogens with one attached hydrogen (secondary N) is 2. The molecule has 1 atom stereocenters. The van der Waals surface area contributed by atoms with Crippen LogP contribution < -0.4 is 10.8 Å². The van der Waals surface area contributed by atoms with E-state index in [1.165, 1.54) is 38.6 Å². The molecule has 0 aliphatic carbocycles. The minimum absolute atomic E-state index is 0.223. The highest BCUT2D eigenvalue weighted by Crippen LogP contribution is 2.18. The molecule has 8 nitrogen and oxygen atoms in total. The quantitative estimate of drug-likeness (QED) is 0.241. The lowest BCUT2D eigenvalue weighted by Gasteiger charge is -2.34. The standard InChI is InChI=1S/C18H19N3O5/c1-18(16(24)19-2,17(25)20-26)21(3)15(23)14-10-8-13(9-11-14)7-5-4-6-12-22/h8-11,22,26H,12H2,1-3H3,(H,19,24)(H,20,25). The molecule has 3 amide bonds. The van der Waals surface area contributed by atoms with Gasteiger partial charge in [-0.1, -0.05) is 11.8 Å². The van der Waals surface area contributed by atoms with Gasteiger partial charge in [-0.05, 0) is 43.0 Å². The maximum Gasteiger partial charge on any atom is 0.278 e. The predicted octanol–water partition coefficient (Wildman–Crippen LogP) is -0.884. The predicted molar refractivity (Wildman–Crippen MR) is 92.7 cm³/mol. The Bertz CT molecular complexity index is 793. The van der Waals surface area contributed by atoms with E-state index in [1.807, 2.05) is 0 Å². The van der Waals surface area contributed by atoms with Crippen LogP contribution in [0.1, 0.15) is 22.8 Å². The van der Waals surface area contributed by atoms with Gasteiger partial charge in [-0.15, -0.1) is 0 Å². The number of amides is 3. The number of aliphatic hydroxyl groups is 1. The van der Waals surface area contributed by atoms with Gasteiger partial charge in [0.25, 0.3) is 17.7 Å². The number of carbonyl (C=O) groups excluding carboxylic acids is 3. The molecule has 0 radical (unpaired) electrons. The highest BCUT2D eigenvalue weighted by Gasteiger charge is 2.47. The monoisotopic (exact) mass is 357 g/mol. The normalized spacial score (nSPS) is 11.6. The molecule has 136 valence electrons. The Hall–Kier alpha value is -3.33. The zero-order valence-corrected chi connectivity index (χ0v) is 14.6. The Morgan fingerprint density at radius 2 is 1.77 bits per heavy atom. The van der Waals surface area contributed by atoms with Crippen LogP contribution in [0.5, 0.6) is 0 Å². The molecule has 1 rings (SSSR count). The summed E-state index contributed by atoms with van der Waals surface area (Å²) >= 11 is 0. The molecule has 26 heavy (non-hydrogen) atoms. The van der Waals surface area contributed by atoms with Crippen LogP contribution in [0.2, 0.25) is 0 Å². The average Bonchev–Trinajstić information content (AvgIpc) is 2.68. The molecule has 0 bridgehead atoms. The van der Waals surface area contributed by atoms with Gasteiger partial charge < -0.3 is 15.3 Å². The van der Waals surface area contributed by atoms with E-state index in [0.29, 0.717) is 5.56 Å². The number of rotatable bonds is 4. The van der Waals surface area contributed by atoms with Crippen molar-refractivity contribution in [1.82, 2.24) is 15.7 Å². The number of nitrogens with zero attached hydrogens (tertiary/aromatic N) is 1. The largest absolute Gasteiger partial charge is 0.384 e. The SMILES string of the molecule is CNC(=O)C(C)(C(=O)NO)N(C)C(=O)c1ccc(C#CC#CCO)cc1. The number of hydrogen-bond acceptors (Lipinski definition) is 5. The summed E-state index contributed by atoms with van der Waals surface area (Å²) in [5, 5.41) is 19.7. The highest BCUT2D eigenvalue weighted by atomic mass is 16.5. The van der Waals surface area contributed by atoms with Crippen LogP contribution in [0.4, 0.5) is 0 Å². The Kier molecular flexibility index (Phi) is 7.35. The highest BCUT2D eigenvalue weighted by molar-refractivity contribution is 6.12. The van der Waals surface area contributed by atoms with E-state index < -0.39 is 23.3 Å². The lowest BCUT2D eigenvalue weighted by molar-refractivity contribution is -0.148. The first-order chi connectivity index (χ1) is 12.3. The Morgan fingerprint density at radius 1 is 1.15 bits per heavy atom. The van der Waals surface area contributed by atoms with Crippen molar-refractivity contribution in [2.45, 2.75) is 12.5 Å². The Labute approximate surface area is 151 Å². The van der Waals surface area contributed by atoms with Crippen LogP contribution in [0.25, 0.3) is 0 Å². The fourth-order valence-electron chi connectivity index (χ4n) is 2.04. The second kappa shape index (κ2) is 9.23. The van der Waals surface area contributed by atoms with E-state index in [0.717, 1.165) is 4.90 Å². The van der Waals surface area contributed by atoms with Crippen molar-refractivity contribution < 1.29 is 24.7 Å². The first-order valence-electron chi connectivity index (χ1n) is 7.47. The van der Waals surface area contributed by atoms with Crippen molar-refractivity contribution in [2.24, 2.45) is 0 Å². The van der Waals surface area contributed by atoms with Gasteiger partial charge in [0.2, 0.25) is 0 Å². The molecule has 4 N–H and O–H groups in total. The van der Waals surface area contributed by atoms with E-state index in [2.05, 4.69) is 29.0 Å². The molecule has 0 saturated carbocycles. The first kappa shape index (κ1) is 20.7. The molecule has 1 unspecified atom stereocenters. The average molecular weight is 357 g/mol. The van der Waals surface area contributed by atoms with Crippen LogP contribution in [-0.4, -0.2) is 59.2 Å². The molecule has 0 aromatic heterocycles. The fraction of sp³-hybridized carbons (Fsp3) is 0.278.